The van der Waals surface area contributed by atoms with Crippen LogP contribution in [-0.2, 0) is 9.53 Å². The number of anilines is 1. The SMILES string of the molecule is O=C(COC(=O)c1ccccc1Cl)Nc1ccc(F)cc1. The van der Waals surface area contributed by atoms with Gasteiger partial charge in [0.2, 0.25) is 0 Å². The fourth-order valence-electron chi connectivity index (χ4n) is 1.57. The van der Waals surface area contributed by atoms with Gasteiger partial charge in [-0.15, -0.1) is 0 Å². The number of ether oxygens (including phenoxy) is 1. The molecule has 21 heavy (non-hydrogen) atoms. The van der Waals surface area contributed by atoms with Gasteiger partial charge >= 0.3 is 5.97 Å². The first-order valence-electron chi connectivity index (χ1n) is 6.03. The molecule has 0 fully saturated rings. The standard InChI is InChI=1S/C15H11ClFNO3/c16-13-4-2-1-3-12(13)15(20)21-9-14(19)18-11-7-5-10(17)6-8-11/h1-8H,9H2,(H,18,19). The fourth-order valence-corrected chi connectivity index (χ4v) is 1.78. The molecule has 0 saturated heterocycles. The Bertz CT molecular complexity index is 658. The average Bonchev–Trinajstić information content (AvgIpc) is 2.48. The molecule has 2 rings (SSSR count). The summed E-state index contributed by atoms with van der Waals surface area (Å²) in [4.78, 5) is 23.3. The van der Waals surface area contributed by atoms with E-state index in [1.165, 1.54) is 30.3 Å². The summed E-state index contributed by atoms with van der Waals surface area (Å²) in [5.74, 6) is -1.62. The third-order valence-electron chi connectivity index (χ3n) is 2.56. The van der Waals surface area contributed by atoms with Crippen molar-refractivity contribution in [1.29, 1.82) is 0 Å². The average molecular weight is 308 g/mol. The van der Waals surface area contributed by atoms with Gasteiger partial charge in [0.15, 0.2) is 6.61 Å². The number of carbonyl (C=O) groups excluding carboxylic acids is 2. The predicted octanol–water partition coefficient (Wildman–Crippen LogP) is 3.27. The molecule has 108 valence electrons. The van der Waals surface area contributed by atoms with Crippen LogP contribution in [0.5, 0.6) is 0 Å². The van der Waals surface area contributed by atoms with Crippen LogP contribution in [0.15, 0.2) is 48.5 Å². The predicted molar refractivity (Wildman–Crippen MR) is 76.8 cm³/mol. The molecule has 0 aliphatic heterocycles. The highest BCUT2D eigenvalue weighted by molar-refractivity contribution is 6.33. The van der Waals surface area contributed by atoms with Crippen LogP contribution in [0.3, 0.4) is 0 Å². The molecule has 0 aliphatic rings. The third-order valence-corrected chi connectivity index (χ3v) is 2.89. The number of rotatable bonds is 4. The van der Waals surface area contributed by atoms with Crippen molar-refractivity contribution in [3.8, 4) is 0 Å². The van der Waals surface area contributed by atoms with Crippen molar-refractivity contribution in [2.24, 2.45) is 0 Å². The van der Waals surface area contributed by atoms with Gasteiger partial charge in [0.25, 0.3) is 5.91 Å². The second-order valence-corrected chi connectivity index (χ2v) is 4.52. The lowest BCUT2D eigenvalue weighted by atomic mass is 10.2. The van der Waals surface area contributed by atoms with Crippen molar-refractivity contribution in [1.82, 2.24) is 0 Å². The molecule has 0 unspecified atom stereocenters. The summed E-state index contributed by atoms with van der Waals surface area (Å²) in [5, 5.41) is 2.73. The maximum atomic E-state index is 12.7. The van der Waals surface area contributed by atoms with E-state index in [9.17, 15) is 14.0 Å². The van der Waals surface area contributed by atoms with Crippen LogP contribution in [0.2, 0.25) is 5.02 Å². The molecule has 0 radical (unpaired) electrons. The number of hydrogen-bond acceptors (Lipinski definition) is 3. The Morgan fingerprint density at radius 2 is 1.76 bits per heavy atom. The lowest BCUT2D eigenvalue weighted by molar-refractivity contribution is -0.119. The van der Waals surface area contributed by atoms with E-state index in [2.05, 4.69) is 5.32 Å². The number of amides is 1. The summed E-state index contributed by atoms with van der Waals surface area (Å²) in [6, 6.07) is 11.6. The Kier molecular flexibility index (Phi) is 4.90. The smallest absolute Gasteiger partial charge is 0.340 e. The summed E-state index contributed by atoms with van der Waals surface area (Å²) in [7, 11) is 0. The zero-order valence-corrected chi connectivity index (χ0v) is 11.6. The molecule has 0 aromatic heterocycles. The minimum Gasteiger partial charge on any atom is -0.452 e. The monoisotopic (exact) mass is 307 g/mol. The quantitative estimate of drug-likeness (QED) is 0.882. The molecule has 1 N–H and O–H groups in total. The van der Waals surface area contributed by atoms with Gasteiger partial charge in [-0.2, -0.15) is 0 Å². The number of nitrogens with one attached hydrogen (secondary N) is 1. The summed E-state index contributed by atoms with van der Waals surface area (Å²) in [6.07, 6.45) is 0. The van der Waals surface area contributed by atoms with Gasteiger partial charge in [0, 0.05) is 5.69 Å². The normalized spacial score (nSPS) is 10.0. The van der Waals surface area contributed by atoms with E-state index in [0.29, 0.717) is 5.69 Å². The second kappa shape index (κ2) is 6.85. The highest BCUT2D eigenvalue weighted by atomic mass is 35.5. The van der Waals surface area contributed by atoms with Crippen molar-refractivity contribution in [2.45, 2.75) is 0 Å². The Hall–Kier alpha value is -2.40. The lowest BCUT2D eigenvalue weighted by Gasteiger charge is -2.07. The minimum absolute atomic E-state index is 0.189. The zero-order valence-electron chi connectivity index (χ0n) is 10.8. The molecule has 4 nitrogen and oxygen atoms in total. The topological polar surface area (TPSA) is 55.4 Å². The third kappa shape index (κ3) is 4.29. The minimum atomic E-state index is -0.685. The highest BCUT2D eigenvalue weighted by Gasteiger charge is 2.13. The molecule has 0 spiro atoms. The molecule has 2 aromatic rings. The van der Waals surface area contributed by atoms with Gasteiger partial charge in [0.1, 0.15) is 5.82 Å². The first kappa shape index (κ1) is 15.0. The Balaban J connectivity index is 1.88. The molecule has 0 saturated carbocycles. The summed E-state index contributed by atoms with van der Waals surface area (Å²) >= 11 is 5.84. The Morgan fingerprint density at radius 3 is 2.43 bits per heavy atom. The molecule has 0 heterocycles. The first-order valence-corrected chi connectivity index (χ1v) is 6.41. The molecular formula is C15H11ClFNO3. The van der Waals surface area contributed by atoms with E-state index in [1.807, 2.05) is 0 Å². The molecular weight excluding hydrogens is 297 g/mol. The van der Waals surface area contributed by atoms with E-state index in [-0.39, 0.29) is 10.6 Å². The van der Waals surface area contributed by atoms with Gasteiger partial charge in [-0.3, -0.25) is 4.79 Å². The number of hydrogen-bond donors (Lipinski definition) is 1. The van der Waals surface area contributed by atoms with Crippen LogP contribution >= 0.6 is 11.6 Å². The summed E-state index contributed by atoms with van der Waals surface area (Å²) in [5.41, 5.74) is 0.601. The molecule has 6 heteroatoms. The number of esters is 1. The van der Waals surface area contributed by atoms with E-state index in [4.69, 9.17) is 16.3 Å². The first-order chi connectivity index (χ1) is 10.1. The van der Waals surface area contributed by atoms with Crippen molar-refractivity contribution in [3.05, 3.63) is 64.9 Å². The van der Waals surface area contributed by atoms with Crippen LogP contribution in [0.25, 0.3) is 0 Å². The Labute approximate surface area is 125 Å². The Morgan fingerprint density at radius 1 is 1.10 bits per heavy atom. The molecule has 1 amide bonds. The number of carbonyl (C=O) groups is 2. The van der Waals surface area contributed by atoms with Crippen molar-refractivity contribution < 1.29 is 18.7 Å². The van der Waals surface area contributed by atoms with E-state index in [0.717, 1.165) is 0 Å². The fraction of sp³-hybridized carbons (Fsp3) is 0.0667. The molecule has 2 aromatic carbocycles. The number of halogens is 2. The van der Waals surface area contributed by atoms with E-state index in [1.54, 1.807) is 18.2 Å². The molecule has 0 bridgehead atoms. The van der Waals surface area contributed by atoms with Crippen LogP contribution in [0.4, 0.5) is 10.1 Å². The van der Waals surface area contributed by atoms with Crippen molar-refractivity contribution >= 4 is 29.2 Å². The lowest BCUT2D eigenvalue weighted by Crippen LogP contribution is -2.21. The van der Waals surface area contributed by atoms with Gasteiger partial charge in [-0.1, -0.05) is 23.7 Å². The highest BCUT2D eigenvalue weighted by Crippen LogP contribution is 2.15. The van der Waals surface area contributed by atoms with Crippen LogP contribution in [0, 0.1) is 5.82 Å². The summed E-state index contributed by atoms with van der Waals surface area (Å²) in [6.45, 7) is -0.457. The maximum absolute atomic E-state index is 12.7. The number of benzene rings is 2. The largest absolute Gasteiger partial charge is 0.452 e. The van der Waals surface area contributed by atoms with Gasteiger partial charge in [0.05, 0.1) is 10.6 Å². The van der Waals surface area contributed by atoms with Crippen molar-refractivity contribution in [2.75, 3.05) is 11.9 Å². The van der Waals surface area contributed by atoms with Crippen LogP contribution in [0.1, 0.15) is 10.4 Å². The molecule has 0 atom stereocenters. The van der Waals surface area contributed by atoms with Crippen molar-refractivity contribution in [3.63, 3.8) is 0 Å². The van der Waals surface area contributed by atoms with Gasteiger partial charge < -0.3 is 10.1 Å². The summed E-state index contributed by atoms with van der Waals surface area (Å²) < 4.78 is 17.6. The maximum Gasteiger partial charge on any atom is 0.340 e. The molecule has 0 aliphatic carbocycles. The van der Waals surface area contributed by atoms with E-state index >= 15 is 0 Å². The van der Waals surface area contributed by atoms with Gasteiger partial charge in [-0.05, 0) is 36.4 Å². The van der Waals surface area contributed by atoms with E-state index < -0.39 is 24.3 Å². The van der Waals surface area contributed by atoms with Gasteiger partial charge in [-0.25, -0.2) is 9.18 Å². The zero-order chi connectivity index (χ0) is 15.2. The second-order valence-electron chi connectivity index (χ2n) is 4.11. The van der Waals surface area contributed by atoms with Crippen LogP contribution < -0.4 is 5.32 Å². The van der Waals surface area contributed by atoms with Crippen LogP contribution in [-0.4, -0.2) is 18.5 Å².